The lowest BCUT2D eigenvalue weighted by molar-refractivity contribution is -0.545. The van der Waals surface area contributed by atoms with E-state index in [-0.39, 0.29) is 4.97 Å². The van der Waals surface area contributed by atoms with Crippen molar-refractivity contribution in [2.45, 2.75) is 0 Å². The van der Waals surface area contributed by atoms with Crippen LogP contribution in [0.5, 0.6) is 0 Å². The molecular weight excluding hydrogens is 324 g/mol. The first-order valence-electron chi connectivity index (χ1n) is 4.75. The lowest BCUT2D eigenvalue weighted by atomic mass is 10.6. The van der Waals surface area contributed by atoms with Gasteiger partial charge < -0.3 is 5.21 Å². The molecule has 0 aliphatic carbocycles. The molecule has 0 amide bonds. The molecular formula is C8H6N6OS4. The molecule has 98 valence electrons. The van der Waals surface area contributed by atoms with E-state index in [1.807, 2.05) is 23.0 Å². The summed E-state index contributed by atoms with van der Waals surface area (Å²) in [5.41, 5.74) is 0. The van der Waals surface area contributed by atoms with Gasteiger partial charge in [-0.2, -0.15) is 0 Å². The molecule has 2 heterocycles. The zero-order valence-corrected chi connectivity index (χ0v) is 12.5. The van der Waals surface area contributed by atoms with Crippen molar-refractivity contribution >= 4 is 43.2 Å². The minimum atomic E-state index is 0.0188. The van der Waals surface area contributed by atoms with Crippen LogP contribution in [0.25, 0.3) is 0 Å². The Balaban J connectivity index is 1.88. The summed E-state index contributed by atoms with van der Waals surface area (Å²) in [7, 11) is 5.83. The molecule has 0 bridgehead atoms. The van der Waals surface area contributed by atoms with Crippen LogP contribution in [0.3, 0.4) is 0 Å². The largest absolute Gasteiger partial charge is 0.703 e. The minimum absolute atomic E-state index is 0.0188. The van der Waals surface area contributed by atoms with Crippen LogP contribution in [0.4, 0.5) is 0 Å². The van der Waals surface area contributed by atoms with E-state index >= 15 is 0 Å². The molecule has 0 N–H and O–H groups in total. The van der Waals surface area contributed by atoms with Crippen LogP contribution < -0.4 is 0 Å². The van der Waals surface area contributed by atoms with Crippen molar-refractivity contribution in [1.29, 1.82) is 0 Å². The van der Waals surface area contributed by atoms with Crippen LogP contribution in [0.1, 0.15) is 0 Å². The molecule has 7 nitrogen and oxygen atoms in total. The maximum absolute atomic E-state index is 11.2. The lowest BCUT2D eigenvalue weighted by Crippen LogP contribution is -1.85. The van der Waals surface area contributed by atoms with Crippen LogP contribution >= 0.6 is 43.2 Å². The number of nitrogens with zero attached hydrogens (tertiary/aromatic N) is 6. The van der Waals surface area contributed by atoms with E-state index in [9.17, 15) is 5.21 Å². The average molecular weight is 330 g/mol. The molecule has 11 heteroatoms. The van der Waals surface area contributed by atoms with Gasteiger partial charge in [0, 0.05) is 5.11 Å². The van der Waals surface area contributed by atoms with Gasteiger partial charge in [-0.15, -0.1) is 0 Å². The maximum atomic E-state index is 11.2. The molecule has 0 saturated heterocycles. The van der Waals surface area contributed by atoms with Crippen molar-refractivity contribution in [3.8, 4) is 0 Å². The van der Waals surface area contributed by atoms with E-state index in [0.29, 0.717) is 10.1 Å². The highest BCUT2D eigenvalue weighted by Gasteiger charge is 2.03. The maximum Gasteiger partial charge on any atom is 0.209 e. The first kappa shape index (κ1) is 14.4. The summed E-state index contributed by atoms with van der Waals surface area (Å²) < 4.78 is 0. The molecule has 0 saturated carbocycles. The Labute approximate surface area is 124 Å². The molecule has 0 spiro atoms. The van der Waals surface area contributed by atoms with Crippen LogP contribution in [0, 0.1) is 5.21 Å². The summed E-state index contributed by atoms with van der Waals surface area (Å²) in [6.45, 7) is 0. The molecule has 0 unspecified atom stereocenters. The lowest BCUT2D eigenvalue weighted by Gasteiger charge is -1.97. The van der Waals surface area contributed by atoms with E-state index in [2.05, 4.69) is 25.9 Å². The number of hydrogen-bond donors (Lipinski definition) is 0. The molecule has 2 aliphatic rings. The van der Waals surface area contributed by atoms with Gasteiger partial charge in [0.1, 0.15) is 15.5 Å². The monoisotopic (exact) mass is 330 g/mol. The molecule has 0 radical (unpaired) electrons. The fraction of sp³-hybridized carbons (Fsp3) is 0. The molecule has 2 rings (SSSR count). The fourth-order valence-corrected chi connectivity index (χ4v) is 3.66. The van der Waals surface area contributed by atoms with E-state index in [4.69, 9.17) is 0 Å². The zero-order valence-electron chi connectivity index (χ0n) is 9.19. The van der Waals surface area contributed by atoms with Crippen molar-refractivity contribution < 1.29 is 4.97 Å². The van der Waals surface area contributed by atoms with Crippen LogP contribution in [0.2, 0.25) is 0 Å². The second-order valence-corrected chi connectivity index (χ2v) is 7.00. The second kappa shape index (κ2) is 8.19. The SMILES string of the molecule is [O-][N+](N=NC1=CC=CSS1)=NN=NC1=CC=CSS1. The van der Waals surface area contributed by atoms with Gasteiger partial charge in [-0.05, 0) is 54.6 Å². The molecule has 0 atom stereocenters. The van der Waals surface area contributed by atoms with Gasteiger partial charge in [0.05, 0.1) is 5.22 Å². The van der Waals surface area contributed by atoms with E-state index < -0.39 is 0 Å². The highest BCUT2D eigenvalue weighted by Crippen LogP contribution is 2.35. The summed E-state index contributed by atoms with van der Waals surface area (Å²) in [5, 5.41) is 33.7. The predicted octanol–water partition coefficient (Wildman–Crippen LogP) is 5.18. The van der Waals surface area contributed by atoms with Crippen molar-refractivity contribution in [1.82, 2.24) is 0 Å². The van der Waals surface area contributed by atoms with E-state index in [0.717, 1.165) is 0 Å². The topological polar surface area (TPSA) is 87.9 Å². The standard InChI is InChI=1S/C8H6N6OS4/c15-14(12-10-8-4-2-6-17-19-8)13-11-9-7-3-1-5-16-18-7/h1-6H. The molecule has 19 heavy (non-hydrogen) atoms. The Morgan fingerprint density at radius 2 is 1.58 bits per heavy atom. The summed E-state index contributed by atoms with van der Waals surface area (Å²) in [4.78, 5) is 0.0188. The molecule has 0 aromatic carbocycles. The third-order valence-electron chi connectivity index (χ3n) is 1.49. The first-order valence-corrected chi connectivity index (χ1v) is 9.18. The number of allylic oxidation sites excluding steroid dienone is 4. The summed E-state index contributed by atoms with van der Waals surface area (Å²) >= 11 is 0. The summed E-state index contributed by atoms with van der Waals surface area (Å²) in [6.07, 6.45) is 7.17. The Morgan fingerprint density at radius 1 is 0.947 bits per heavy atom. The van der Waals surface area contributed by atoms with Gasteiger partial charge in [-0.25, -0.2) is 0 Å². The van der Waals surface area contributed by atoms with Gasteiger partial charge in [0.15, 0.2) is 0 Å². The third kappa shape index (κ3) is 5.63. The zero-order chi connectivity index (χ0) is 13.3. The summed E-state index contributed by atoms with van der Waals surface area (Å²) in [5.74, 6) is 0. The van der Waals surface area contributed by atoms with E-state index in [1.165, 1.54) is 43.2 Å². The number of rotatable bonds is 4. The van der Waals surface area contributed by atoms with E-state index in [1.54, 1.807) is 12.2 Å². The minimum Gasteiger partial charge on any atom is -0.703 e. The molecule has 2 aliphatic heterocycles. The smallest absolute Gasteiger partial charge is 0.209 e. The van der Waals surface area contributed by atoms with Crippen molar-refractivity contribution in [3.63, 3.8) is 0 Å². The first-order chi connectivity index (χ1) is 9.34. The molecule has 0 aromatic heterocycles. The van der Waals surface area contributed by atoms with Crippen molar-refractivity contribution in [2.24, 2.45) is 25.9 Å². The van der Waals surface area contributed by atoms with Gasteiger partial charge >= 0.3 is 0 Å². The Bertz CT molecular complexity index is 535. The molecule has 0 aromatic rings. The van der Waals surface area contributed by atoms with Crippen LogP contribution in [-0.4, -0.2) is 4.97 Å². The Morgan fingerprint density at radius 3 is 2.16 bits per heavy atom. The van der Waals surface area contributed by atoms with Gasteiger partial charge in [-0.1, -0.05) is 33.7 Å². The quantitative estimate of drug-likeness (QED) is 0.306. The van der Waals surface area contributed by atoms with Crippen molar-refractivity contribution in [2.75, 3.05) is 0 Å². The van der Waals surface area contributed by atoms with Gasteiger partial charge in [0.25, 0.3) is 0 Å². The number of hydrogen-bond acceptors (Lipinski definition) is 7. The van der Waals surface area contributed by atoms with Gasteiger partial charge in [-0.3, -0.25) is 0 Å². The third-order valence-corrected chi connectivity index (χ3v) is 5.27. The Hall–Kier alpha value is -1.04. The van der Waals surface area contributed by atoms with Gasteiger partial charge in [0.2, 0.25) is 5.03 Å². The molecule has 0 fully saturated rings. The normalized spacial score (nSPS) is 20.1. The Kier molecular flexibility index (Phi) is 6.20. The fourth-order valence-electron chi connectivity index (χ4n) is 0.816. The van der Waals surface area contributed by atoms with Crippen LogP contribution in [0.15, 0.2) is 71.1 Å². The highest BCUT2D eigenvalue weighted by molar-refractivity contribution is 8.79. The van der Waals surface area contributed by atoms with Crippen molar-refractivity contribution in [3.05, 3.63) is 50.4 Å². The van der Waals surface area contributed by atoms with Crippen LogP contribution in [-0.2, 0) is 0 Å². The second-order valence-electron chi connectivity index (χ2n) is 2.75. The average Bonchev–Trinajstić information content (AvgIpc) is 2.47. The predicted molar refractivity (Wildman–Crippen MR) is 80.6 cm³/mol. The summed E-state index contributed by atoms with van der Waals surface area (Å²) in [6, 6.07) is 0. The highest BCUT2D eigenvalue weighted by atomic mass is 33.1.